The molecule has 1 aromatic rings. The predicted octanol–water partition coefficient (Wildman–Crippen LogP) is 3.01. The Morgan fingerprint density at radius 1 is 1.17 bits per heavy atom. The Balaban J connectivity index is 2.26. The first-order valence-electron chi connectivity index (χ1n) is 8.07. The lowest BCUT2D eigenvalue weighted by molar-refractivity contribution is -0.132. The maximum Gasteiger partial charge on any atom is 0.390 e. The zero-order valence-corrected chi connectivity index (χ0v) is 14.5. The molecule has 1 unspecified atom stereocenters. The number of benzene rings is 1. The van der Waals surface area contributed by atoms with Gasteiger partial charge in [-0.05, 0) is 26.0 Å². The molecule has 0 radical (unpaired) electrons. The largest absolute Gasteiger partial charge is 0.390 e. The zero-order valence-electron chi connectivity index (χ0n) is 14.5. The summed E-state index contributed by atoms with van der Waals surface area (Å²) in [5.74, 6) is 0.400. The topological polar surface area (TPSA) is 39.7 Å². The molecule has 0 saturated heterocycles. The van der Waals surface area contributed by atoms with Crippen molar-refractivity contribution < 1.29 is 13.2 Å². The van der Waals surface area contributed by atoms with Gasteiger partial charge in [-0.3, -0.25) is 9.89 Å². The first-order chi connectivity index (χ1) is 11.3. The highest BCUT2D eigenvalue weighted by Crippen LogP contribution is 2.18. The summed E-state index contributed by atoms with van der Waals surface area (Å²) in [5.41, 5.74) is 1.25. The van der Waals surface area contributed by atoms with Crippen LogP contribution in [0.2, 0.25) is 0 Å². The number of guanidine groups is 1. The number of hydrogen-bond acceptors (Lipinski definition) is 2. The second-order valence-electron chi connectivity index (χ2n) is 5.83. The predicted molar refractivity (Wildman–Crippen MR) is 92.0 cm³/mol. The molecule has 136 valence electrons. The summed E-state index contributed by atoms with van der Waals surface area (Å²) in [7, 11) is 3.61. The van der Waals surface area contributed by atoms with Crippen molar-refractivity contribution in [2.45, 2.75) is 38.5 Å². The van der Waals surface area contributed by atoms with E-state index >= 15 is 0 Å². The van der Waals surface area contributed by atoms with Gasteiger partial charge in [-0.15, -0.1) is 0 Å². The molecule has 0 aliphatic rings. The minimum atomic E-state index is -4.15. The maximum atomic E-state index is 12.1. The van der Waals surface area contributed by atoms with E-state index in [2.05, 4.69) is 46.6 Å². The first-order valence-corrected chi connectivity index (χ1v) is 8.07. The highest BCUT2D eigenvalue weighted by atomic mass is 19.4. The van der Waals surface area contributed by atoms with Gasteiger partial charge in [0.25, 0.3) is 0 Å². The highest BCUT2D eigenvalue weighted by Gasteiger charge is 2.26. The molecule has 0 amide bonds. The third kappa shape index (κ3) is 8.76. The van der Waals surface area contributed by atoms with Crippen LogP contribution in [0.3, 0.4) is 0 Å². The molecular formula is C17H27F3N4. The van der Waals surface area contributed by atoms with Crippen molar-refractivity contribution in [1.29, 1.82) is 0 Å². The van der Waals surface area contributed by atoms with Gasteiger partial charge in [-0.1, -0.05) is 30.3 Å². The second-order valence-corrected chi connectivity index (χ2v) is 5.83. The van der Waals surface area contributed by atoms with E-state index in [0.29, 0.717) is 18.5 Å². The minimum Gasteiger partial charge on any atom is -0.356 e. The fourth-order valence-electron chi connectivity index (χ4n) is 2.19. The van der Waals surface area contributed by atoms with Crippen LogP contribution >= 0.6 is 0 Å². The molecule has 1 aromatic carbocycles. The lowest BCUT2D eigenvalue weighted by Crippen LogP contribution is -2.41. The molecule has 0 fully saturated rings. The van der Waals surface area contributed by atoms with Gasteiger partial charge in [-0.2, -0.15) is 13.2 Å². The Morgan fingerprint density at radius 3 is 2.38 bits per heavy atom. The van der Waals surface area contributed by atoms with Gasteiger partial charge in [-0.25, -0.2) is 0 Å². The Labute approximate surface area is 142 Å². The molecule has 2 N–H and O–H groups in total. The average Bonchev–Trinajstić information content (AvgIpc) is 2.53. The number of nitrogens with one attached hydrogen (secondary N) is 2. The van der Waals surface area contributed by atoms with Gasteiger partial charge in [0.15, 0.2) is 5.96 Å². The number of alkyl halides is 3. The summed E-state index contributed by atoms with van der Waals surface area (Å²) in [4.78, 5) is 6.18. The standard InChI is InChI=1S/C17H27F3N4/c1-14(24(3)13-15-7-5-4-6-8-15)9-11-22-16(21-2)23-12-10-17(18,19)20/h4-8,14H,9-13H2,1-3H3,(H2,21,22,23). The SMILES string of the molecule is CN=C(NCCC(C)N(C)Cc1ccccc1)NCCC(F)(F)F. The van der Waals surface area contributed by atoms with E-state index in [0.717, 1.165) is 13.0 Å². The van der Waals surface area contributed by atoms with Crippen LogP contribution in [0, 0.1) is 0 Å². The van der Waals surface area contributed by atoms with Crippen LogP contribution < -0.4 is 10.6 Å². The number of halogens is 3. The smallest absolute Gasteiger partial charge is 0.356 e. The summed E-state index contributed by atoms with van der Waals surface area (Å²) in [5, 5.41) is 5.72. The Hall–Kier alpha value is -1.76. The van der Waals surface area contributed by atoms with Crippen molar-refractivity contribution >= 4 is 5.96 Å². The van der Waals surface area contributed by atoms with Crippen molar-refractivity contribution in [2.75, 3.05) is 27.2 Å². The molecule has 0 aliphatic heterocycles. The number of rotatable bonds is 8. The first kappa shape index (κ1) is 20.3. The van der Waals surface area contributed by atoms with E-state index < -0.39 is 12.6 Å². The molecule has 0 heterocycles. The van der Waals surface area contributed by atoms with Gasteiger partial charge in [0.05, 0.1) is 6.42 Å². The quantitative estimate of drug-likeness (QED) is 0.562. The van der Waals surface area contributed by atoms with Crippen LogP contribution in [0.5, 0.6) is 0 Å². The molecule has 1 atom stereocenters. The fraction of sp³-hybridized carbons (Fsp3) is 0.588. The summed E-state index contributed by atoms with van der Waals surface area (Å²) in [6, 6.07) is 10.6. The minimum absolute atomic E-state index is 0.174. The molecule has 0 bridgehead atoms. The van der Waals surface area contributed by atoms with Crippen LogP contribution in [0.4, 0.5) is 13.2 Å². The van der Waals surface area contributed by atoms with E-state index in [1.54, 1.807) is 7.05 Å². The molecule has 0 saturated carbocycles. The molecule has 0 spiro atoms. The number of aliphatic imine (C=N–C) groups is 1. The van der Waals surface area contributed by atoms with E-state index in [1.807, 2.05) is 18.2 Å². The molecule has 0 aromatic heterocycles. The van der Waals surface area contributed by atoms with Crippen molar-refractivity contribution in [1.82, 2.24) is 15.5 Å². The molecule has 4 nitrogen and oxygen atoms in total. The maximum absolute atomic E-state index is 12.1. The molecule has 24 heavy (non-hydrogen) atoms. The van der Waals surface area contributed by atoms with Crippen LogP contribution in [0.1, 0.15) is 25.3 Å². The Bertz CT molecular complexity index is 488. The number of nitrogens with zero attached hydrogens (tertiary/aromatic N) is 2. The van der Waals surface area contributed by atoms with Gasteiger partial charge in [0.2, 0.25) is 0 Å². The van der Waals surface area contributed by atoms with Gasteiger partial charge in [0, 0.05) is 32.7 Å². The Kier molecular flexibility index (Phi) is 8.60. The average molecular weight is 344 g/mol. The lowest BCUT2D eigenvalue weighted by Gasteiger charge is -2.25. The third-order valence-electron chi connectivity index (χ3n) is 3.81. The summed E-state index contributed by atoms with van der Waals surface area (Å²) >= 11 is 0. The fourth-order valence-corrected chi connectivity index (χ4v) is 2.19. The van der Waals surface area contributed by atoms with Crippen LogP contribution in [-0.4, -0.2) is 50.3 Å². The summed E-state index contributed by atoms with van der Waals surface area (Å²) < 4.78 is 36.4. The number of hydrogen-bond donors (Lipinski definition) is 2. The van der Waals surface area contributed by atoms with E-state index in [1.165, 1.54) is 5.56 Å². The van der Waals surface area contributed by atoms with E-state index in [4.69, 9.17) is 0 Å². The van der Waals surface area contributed by atoms with Gasteiger partial charge < -0.3 is 10.6 Å². The van der Waals surface area contributed by atoms with Gasteiger partial charge >= 0.3 is 6.18 Å². The van der Waals surface area contributed by atoms with Crippen molar-refractivity contribution in [3.8, 4) is 0 Å². The Morgan fingerprint density at radius 2 is 1.79 bits per heavy atom. The molecule has 1 rings (SSSR count). The molecule has 7 heteroatoms. The monoisotopic (exact) mass is 344 g/mol. The lowest BCUT2D eigenvalue weighted by atomic mass is 10.1. The van der Waals surface area contributed by atoms with Gasteiger partial charge in [0.1, 0.15) is 0 Å². The summed E-state index contributed by atoms with van der Waals surface area (Å²) in [6.45, 7) is 3.46. The normalized spacial score (nSPS) is 13.9. The highest BCUT2D eigenvalue weighted by molar-refractivity contribution is 5.79. The van der Waals surface area contributed by atoms with E-state index in [9.17, 15) is 13.2 Å². The van der Waals surface area contributed by atoms with Crippen molar-refractivity contribution in [3.63, 3.8) is 0 Å². The molecule has 0 aliphatic carbocycles. The molecular weight excluding hydrogens is 317 g/mol. The van der Waals surface area contributed by atoms with Crippen LogP contribution in [-0.2, 0) is 6.54 Å². The zero-order chi connectivity index (χ0) is 18.0. The summed E-state index contributed by atoms with van der Waals surface area (Å²) in [6.07, 6.45) is -4.16. The second kappa shape index (κ2) is 10.2. The van der Waals surface area contributed by atoms with Crippen molar-refractivity contribution in [3.05, 3.63) is 35.9 Å². The van der Waals surface area contributed by atoms with Crippen molar-refractivity contribution in [2.24, 2.45) is 4.99 Å². The van der Waals surface area contributed by atoms with E-state index in [-0.39, 0.29) is 6.54 Å². The van der Waals surface area contributed by atoms with Crippen LogP contribution in [0.25, 0.3) is 0 Å². The third-order valence-corrected chi connectivity index (χ3v) is 3.81. The van der Waals surface area contributed by atoms with Crippen LogP contribution in [0.15, 0.2) is 35.3 Å².